The van der Waals surface area contributed by atoms with Gasteiger partial charge >= 0.3 is 0 Å². The molecule has 0 aliphatic carbocycles. The maximum absolute atomic E-state index is 13.0. The van der Waals surface area contributed by atoms with Crippen LogP contribution in [0.5, 0.6) is 0 Å². The highest BCUT2D eigenvalue weighted by molar-refractivity contribution is 7.17. The number of benzene rings is 1. The fourth-order valence-corrected chi connectivity index (χ4v) is 3.69. The number of thiophene rings is 1. The van der Waals surface area contributed by atoms with Crippen molar-refractivity contribution in [3.8, 4) is 11.4 Å². The molecule has 0 aliphatic rings. The highest BCUT2D eigenvalue weighted by Crippen LogP contribution is 2.17. The SMILES string of the molecule is CN(Cc1nc2ccsc2c(=O)[nH]1)C(=O)CCCc1nc(-c2ccc(F)cc2)no1. The Morgan fingerprint density at radius 3 is 2.83 bits per heavy atom. The molecule has 0 bridgehead atoms. The lowest BCUT2D eigenvalue weighted by molar-refractivity contribution is -0.130. The molecule has 154 valence electrons. The summed E-state index contributed by atoms with van der Waals surface area (Å²) in [6, 6.07) is 7.60. The smallest absolute Gasteiger partial charge is 0.268 e. The van der Waals surface area contributed by atoms with Crippen LogP contribution in [0.2, 0.25) is 0 Å². The van der Waals surface area contributed by atoms with E-state index in [0.717, 1.165) is 0 Å². The Kier molecular flexibility index (Phi) is 5.66. The summed E-state index contributed by atoms with van der Waals surface area (Å²) in [5, 5.41) is 5.70. The zero-order valence-electron chi connectivity index (χ0n) is 16.1. The number of carbonyl (C=O) groups excluding carboxylic acids is 1. The van der Waals surface area contributed by atoms with Crippen molar-refractivity contribution in [2.75, 3.05) is 7.05 Å². The Bertz CT molecular complexity index is 1230. The molecule has 0 spiro atoms. The number of aromatic nitrogens is 4. The van der Waals surface area contributed by atoms with Crippen LogP contribution in [0, 0.1) is 5.82 Å². The molecule has 0 saturated heterocycles. The summed E-state index contributed by atoms with van der Waals surface area (Å²) in [5.74, 6) is 0.828. The lowest BCUT2D eigenvalue weighted by atomic mass is 10.2. The first kappa shape index (κ1) is 19.9. The summed E-state index contributed by atoms with van der Waals surface area (Å²) in [6.45, 7) is 0.217. The van der Waals surface area contributed by atoms with Gasteiger partial charge in [0.05, 0.1) is 12.1 Å². The van der Waals surface area contributed by atoms with Gasteiger partial charge in [0.15, 0.2) is 0 Å². The summed E-state index contributed by atoms with van der Waals surface area (Å²) >= 11 is 1.33. The highest BCUT2D eigenvalue weighted by atomic mass is 32.1. The van der Waals surface area contributed by atoms with E-state index in [-0.39, 0.29) is 30.2 Å². The third kappa shape index (κ3) is 4.43. The Balaban J connectivity index is 1.30. The molecular formula is C20H18FN5O3S. The highest BCUT2D eigenvalue weighted by Gasteiger charge is 2.14. The Morgan fingerprint density at radius 2 is 2.03 bits per heavy atom. The van der Waals surface area contributed by atoms with E-state index in [1.54, 1.807) is 25.2 Å². The molecule has 0 radical (unpaired) electrons. The number of nitrogens with zero attached hydrogens (tertiary/aromatic N) is 4. The molecule has 3 heterocycles. The second-order valence-corrected chi connectivity index (χ2v) is 7.69. The molecule has 1 N–H and O–H groups in total. The fourth-order valence-electron chi connectivity index (χ4n) is 2.96. The Morgan fingerprint density at radius 1 is 1.23 bits per heavy atom. The summed E-state index contributed by atoms with van der Waals surface area (Å²) in [6.07, 6.45) is 1.27. The lowest BCUT2D eigenvalue weighted by Crippen LogP contribution is -2.28. The van der Waals surface area contributed by atoms with E-state index in [1.165, 1.54) is 28.4 Å². The van der Waals surface area contributed by atoms with Gasteiger partial charge in [-0.3, -0.25) is 9.59 Å². The maximum Gasteiger partial charge on any atom is 0.268 e. The van der Waals surface area contributed by atoms with Crippen LogP contribution in [0.25, 0.3) is 21.6 Å². The average molecular weight is 427 g/mol. The van der Waals surface area contributed by atoms with Gasteiger partial charge in [-0.2, -0.15) is 4.98 Å². The maximum atomic E-state index is 13.0. The van der Waals surface area contributed by atoms with Gasteiger partial charge in [-0.25, -0.2) is 9.37 Å². The number of aryl methyl sites for hydroxylation is 1. The first-order chi connectivity index (χ1) is 14.5. The number of rotatable bonds is 7. The third-order valence-corrected chi connectivity index (χ3v) is 5.43. The van der Waals surface area contributed by atoms with Crippen LogP contribution < -0.4 is 5.56 Å². The number of amides is 1. The fraction of sp³-hybridized carbons (Fsp3) is 0.250. The summed E-state index contributed by atoms with van der Waals surface area (Å²) < 4.78 is 18.8. The van der Waals surface area contributed by atoms with E-state index in [9.17, 15) is 14.0 Å². The van der Waals surface area contributed by atoms with Crippen LogP contribution >= 0.6 is 11.3 Å². The number of hydrogen-bond acceptors (Lipinski definition) is 7. The number of hydrogen-bond donors (Lipinski definition) is 1. The quantitative estimate of drug-likeness (QED) is 0.486. The van der Waals surface area contributed by atoms with Crippen molar-refractivity contribution in [1.82, 2.24) is 25.0 Å². The first-order valence-corrected chi connectivity index (χ1v) is 10.2. The molecule has 3 aromatic heterocycles. The summed E-state index contributed by atoms with van der Waals surface area (Å²) in [4.78, 5) is 37.3. The molecule has 0 aliphatic heterocycles. The molecule has 0 saturated carbocycles. The summed E-state index contributed by atoms with van der Waals surface area (Å²) in [5.41, 5.74) is 1.10. The zero-order chi connectivity index (χ0) is 21.1. The molecule has 1 aromatic carbocycles. The second kappa shape index (κ2) is 8.54. The molecule has 8 nitrogen and oxygen atoms in total. The molecule has 0 atom stereocenters. The van der Waals surface area contributed by atoms with Crippen molar-refractivity contribution in [3.63, 3.8) is 0 Å². The molecule has 4 aromatic rings. The molecule has 1 amide bonds. The number of aromatic amines is 1. The normalized spacial score (nSPS) is 11.1. The molecular weight excluding hydrogens is 409 g/mol. The molecule has 0 fully saturated rings. The minimum Gasteiger partial charge on any atom is -0.339 e. The number of nitrogens with one attached hydrogen (secondary N) is 1. The molecule has 10 heteroatoms. The minimum atomic E-state index is -0.334. The van der Waals surface area contributed by atoms with Gasteiger partial charge in [-0.05, 0) is 42.1 Å². The van der Waals surface area contributed by atoms with Crippen LogP contribution in [0.1, 0.15) is 24.6 Å². The van der Waals surface area contributed by atoms with E-state index in [1.807, 2.05) is 5.38 Å². The van der Waals surface area contributed by atoms with Crippen LogP contribution in [0.4, 0.5) is 4.39 Å². The number of carbonyl (C=O) groups is 1. The molecule has 4 rings (SSSR count). The van der Waals surface area contributed by atoms with Crippen molar-refractivity contribution in [2.45, 2.75) is 25.8 Å². The third-order valence-electron chi connectivity index (χ3n) is 4.53. The standard InChI is InChI=1S/C20H18FN5O3S/c1-26(11-15-22-14-9-10-30-18(14)20(28)23-15)17(27)4-2-3-16-24-19(25-29-16)12-5-7-13(21)8-6-12/h5-10H,2-4,11H2,1H3,(H,22,23,28). The minimum absolute atomic E-state index is 0.0821. The topological polar surface area (TPSA) is 105 Å². The Labute approximate surface area is 174 Å². The van der Waals surface area contributed by atoms with Crippen LogP contribution in [-0.4, -0.2) is 38.0 Å². The summed E-state index contributed by atoms with van der Waals surface area (Å²) in [7, 11) is 1.67. The molecule has 30 heavy (non-hydrogen) atoms. The lowest BCUT2D eigenvalue weighted by Gasteiger charge is -2.16. The number of fused-ring (bicyclic) bond motifs is 1. The van der Waals surface area contributed by atoms with E-state index in [4.69, 9.17) is 4.52 Å². The largest absolute Gasteiger partial charge is 0.339 e. The monoisotopic (exact) mass is 427 g/mol. The van der Waals surface area contributed by atoms with Crippen LogP contribution in [0.15, 0.2) is 45.0 Å². The van der Waals surface area contributed by atoms with Gasteiger partial charge in [-0.15, -0.1) is 11.3 Å². The van der Waals surface area contributed by atoms with Gasteiger partial charge in [0.25, 0.3) is 5.56 Å². The number of halogens is 1. The van der Waals surface area contributed by atoms with Gasteiger partial charge in [0, 0.05) is 25.5 Å². The Hall–Kier alpha value is -3.40. The van der Waals surface area contributed by atoms with Gasteiger partial charge in [0.2, 0.25) is 17.6 Å². The predicted octanol–water partition coefficient (Wildman–Crippen LogP) is 3.16. The van der Waals surface area contributed by atoms with Crippen molar-refractivity contribution < 1.29 is 13.7 Å². The second-order valence-electron chi connectivity index (χ2n) is 6.77. The van der Waals surface area contributed by atoms with E-state index < -0.39 is 0 Å². The van der Waals surface area contributed by atoms with Crippen molar-refractivity contribution in [3.05, 3.63) is 63.6 Å². The van der Waals surface area contributed by atoms with Crippen LogP contribution in [0.3, 0.4) is 0 Å². The average Bonchev–Trinajstić information content (AvgIpc) is 3.38. The van der Waals surface area contributed by atoms with Crippen molar-refractivity contribution in [2.24, 2.45) is 0 Å². The van der Waals surface area contributed by atoms with E-state index >= 15 is 0 Å². The van der Waals surface area contributed by atoms with Crippen molar-refractivity contribution >= 4 is 27.5 Å². The predicted molar refractivity (Wildman–Crippen MR) is 109 cm³/mol. The van der Waals surface area contributed by atoms with Gasteiger partial charge in [-0.1, -0.05) is 5.16 Å². The number of H-pyrrole nitrogens is 1. The van der Waals surface area contributed by atoms with E-state index in [0.29, 0.717) is 46.2 Å². The van der Waals surface area contributed by atoms with Crippen LogP contribution in [-0.2, 0) is 17.8 Å². The first-order valence-electron chi connectivity index (χ1n) is 9.28. The zero-order valence-corrected chi connectivity index (χ0v) is 16.9. The van der Waals surface area contributed by atoms with E-state index in [2.05, 4.69) is 20.1 Å². The van der Waals surface area contributed by atoms with Gasteiger partial charge in [0.1, 0.15) is 16.3 Å². The molecule has 0 unspecified atom stereocenters. The van der Waals surface area contributed by atoms with Crippen molar-refractivity contribution in [1.29, 1.82) is 0 Å². The van der Waals surface area contributed by atoms with Gasteiger partial charge < -0.3 is 14.4 Å².